The van der Waals surface area contributed by atoms with Crippen LogP contribution in [0.1, 0.15) is 21.9 Å². The lowest BCUT2D eigenvalue weighted by Gasteiger charge is -2.15. The molecule has 92 valence electrons. The van der Waals surface area contributed by atoms with Gasteiger partial charge in [0.05, 0.1) is 24.0 Å². The van der Waals surface area contributed by atoms with Gasteiger partial charge in [-0.3, -0.25) is 4.90 Å². The summed E-state index contributed by atoms with van der Waals surface area (Å²) in [5.41, 5.74) is 9.78. The van der Waals surface area contributed by atoms with Crippen LogP contribution in [0.4, 0.5) is 0 Å². The first-order chi connectivity index (χ1) is 8.20. The van der Waals surface area contributed by atoms with Gasteiger partial charge in [-0.25, -0.2) is 4.98 Å². The molecular formula is C12H17N3OS. The Hall–Kier alpha value is -1.17. The van der Waals surface area contributed by atoms with Gasteiger partial charge in [-0.05, 0) is 20.0 Å². The molecule has 2 rings (SSSR count). The Morgan fingerprint density at radius 3 is 2.94 bits per heavy atom. The quantitative estimate of drug-likeness (QED) is 0.884. The molecule has 2 aromatic rings. The summed E-state index contributed by atoms with van der Waals surface area (Å²) in [5, 5.41) is 0. The predicted molar refractivity (Wildman–Crippen MR) is 68.6 cm³/mol. The average Bonchev–Trinajstić information content (AvgIpc) is 2.89. The zero-order valence-corrected chi connectivity index (χ0v) is 11.0. The van der Waals surface area contributed by atoms with Gasteiger partial charge in [0.15, 0.2) is 0 Å². The van der Waals surface area contributed by atoms with E-state index in [-0.39, 0.29) is 0 Å². The maximum atomic E-state index is 5.61. The van der Waals surface area contributed by atoms with E-state index >= 15 is 0 Å². The molecule has 0 atom stereocenters. The second-order valence-corrected chi connectivity index (χ2v) is 5.05. The fraction of sp³-hybridized carbons (Fsp3) is 0.417. The van der Waals surface area contributed by atoms with Gasteiger partial charge in [0.1, 0.15) is 5.76 Å². The third-order valence-corrected chi connectivity index (χ3v) is 3.64. The lowest BCUT2D eigenvalue weighted by atomic mass is 10.2. The number of hydrogen-bond donors (Lipinski definition) is 1. The van der Waals surface area contributed by atoms with Crippen LogP contribution < -0.4 is 5.73 Å². The van der Waals surface area contributed by atoms with Crippen LogP contribution in [0.2, 0.25) is 0 Å². The smallest absolute Gasteiger partial charge is 0.121 e. The van der Waals surface area contributed by atoms with Crippen molar-refractivity contribution in [3.8, 4) is 0 Å². The van der Waals surface area contributed by atoms with E-state index in [9.17, 15) is 0 Å². The third kappa shape index (κ3) is 2.94. The first-order valence-electron chi connectivity index (χ1n) is 5.53. The molecule has 0 fully saturated rings. The highest BCUT2D eigenvalue weighted by Crippen LogP contribution is 2.17. The zero-order valence-electron chi connectivity index (χ0n) is 10.1. The summed E-state index contributed by atoms with van der Waals surface area (Å²) >= 11 is 1.70. The van der Waals surface area contributed by atoms with E-state index < -0.39 is 0 Å². The SMILES string of the molecule is Cc1ncsc1CN(C)Cc1ccoc1CN. The summed E-state index contributed by atoms with van der Waals surface area (Å²) in [6.45, 7) is 4.25. The van der Waals surface area contributed by atoms with E-state index in [1.165, 1.54) is 4.88 Å². The fourth-order valence-electron chi connectivity index (χ4n) is 1.76. The van der Waals surface area contributed by atoms with Gasteiger partial charge in [0.25, 0.3) is 0 Å². The summed E-state index contributed by atoms with van der Waals surface area (Å²) in [4.78, 5) is 7.80. The predicted octanol–water partition coefficient (Wildman–Crippen LogP) is 2.14. The van der Waals surface area contributed by atoms with Crippen LogP contribution in [0.3, 0.4) is 0 Å². The molecule has 0 aliphatic rings. The molecule has 0 unspecified atom stereocenters. The van der Waals surface area contributed by atoms with Gasteiger partial charge in [0.2, 0.25) is 0 Å². The zero-order chi connectivity index (χ0) is 12.3. The molecule has 0 saturated carbocycles. The maximum Gasteiger partial charge on any atom is 0.121 e. The highest BCUT2D eigenvalue weighted by molar-refractivity contribution is 7.09. The van der Waals surface area contributed by atoms with Crippen LogP contribution in [-0.4, -0.2) is 16.9 Å². The highest BCUT2D eigenvalue weighted by Gasteiger charge is 2.10. The minimum atomic E-state index is 0.454. The second-order valence-electron chi connectivity index (χ2n) is 4.11. The number of furan rings is 1. The monoisotopic (exact) mass is 251 g/mol. The van der Waals surface area contributed by atoms with Gasteiger partial charge in [-0.2, -0.15) is 0 Å². The van der Waals surface area contributed by atoms with Gasteiger partial charge < -0.3 is 10.2 Å². The van der Waals surface area contributed by atoms with Crippen molar-refractivity contribution < 1.29 is 4.42 Å². The van der Waals surface area contributed by atoms with E-state index in [1.54, 1.807) is 17.6 Å². The number of aromatic nitrogens is 1. The molecule has 0 spiro atoms. The molecule has 0 aromatic carbocycles. The normalized spacial score (nSPS) is 11.3. The van der Waals surface area contributed by atoms with Crippen molar-refractivity contribution in [1.82, 2.24) is 9.88 Å². The molecule has 0 saturated heterocycles. The van der Waals surface area contributed by atoms with Crippen molar-refractivity contribution in [1.29, 1.82) is 0 Å². The van der Waals surface area contributed by atoms with Crippen LogP contribution in [0, 0.1) is 6.92 Å². The molecule has 2 N–H and O–H groups in total. The van der Waals surface area contributed by atoms with E-state index in [0.29, 0.717) is 6.54 Å². The molecule has 0 aliphatic heterocycles. The molecule has 5 heteroatoms. The number of nitrogens with zero attached hydrogens (tertiary/aromatic N) is 2. The minimum absolute atomic E-state index is 0.454. The first kappa shape index (κ1) is 12.3. The Kier molecular flexibility index (Phi) is 3.93. The van der Waals surface area contributed by atoms with Crippen molar-refractivity contribution in [2.45, 2.75) is 26.6 Å². The third-order valence-electron chi connectivity index (χ3n) is 2.72. The summed E-state index contributed by atoms with van der Waals surface area (Å²) in [5.74, 6) is 0.873. The molecule has 2 aromatic heterocycles. The first-order valence-corrected chi connectivity index (χ1v) is 6.41. The van der Waals surface area contributed by atoms with E-state index in [4.69, 9.17) is 10.2 Å². The fourth-order valence-corrected chi connectivity index (χ4v) is 2.61. The molecule has 0 bridgehead atoms. The molecule has 0 radical (unpaired) electrons. The standard InChI is InChI=1S/C12H17N3OS/c1-9-12(17-8-14-9)7-15(2)6-10-3-4-16-11(10)5-13/h3-4,8H,5-7,13H2,1-2H3. The molecule has 4 nitrogen and oxygen atoms in total. The van der Waals surface area contributed by atoms with Crippen LogP contribution >= 0.6 is 11.3 Å². The lowest BCUT2D eigenvalue weighted by Crippen LogP contribution is -2.18. The summed E-state index contributed by atoms with van der Waals surface area (Å²) in [7, 11) is 2.09. The Labute approximate surface area is 105 Å². The number of nitrogens with two attached hydrogens (primary N) is 1. The van der Waals surface area contributed by atoms with Crippen molar-refractivity contribution in [3.63, 3.8) is 0 Å². The van der Waals surface area contributed by atoms with Crippen LogP contribution in [0.5, 0.6) is 0 Å². The maximum absolute atomic E-state index is 5.61. The van der Waals surface area contributed by atoms with Crippen molar-refractivity contribution in [2.75, 3.05) is 7.05 Å². The van der Waals surface area contributed by atoms with Crippen LogP contribution in [0.25, 0.3) is 0 Å². The Morgan fingerprint density at radius 1 is 1.47 bits per heavy atom. The van der Waals surface area contributed by atoms with Crippen LogP contribution in [-0.2, 0) is 19.6 Å². The van der Waals surface area contributed by atoms with Crippen molar-refractivity contribution in [2.24, 2.45) is 5.73 Å². The van der Waals surface area contributed by atoms with E-state index in [1.807, 2.05) is 18.5 Å². The summed E-state index contributed by atoms with van der Waals surface area (Å²) in [6, 6.07) is 1.98. The molecule has 17 heavy (non-hydrogen) atoms. The number of thiazole rings is 1. The number of aryl methyl sites for hydroxylation is 1. The number of hydrogen-bond acceptors (Lipinski definition) is 5. The van der Waals surface area contributed by atoms with Gasteiger partial charge >= 0.3 is 0 Å². The van der Waals surface area contributed by atoms with E-state index in [0.717, 1.165) is 30.1 Å². The summed E-state index contributed by atoms with van der Waals surface area (Å²) in [6.07, 6.45) is 1.70. The van der Waals surface area contributed by atoms with Gasteiger partial charge in [-0.15, -0.1) is 11.3 Å². The largest absolute Gasteiger partial charge is 0.468 e. The second kappa shape index (κ2) is 5.44. The molecule has 2 heterocycles. The highest BCUT2D eigenvalue weighted by atomic mass is 32.1. The number of rotatable bonds is 5. The minimum Gasteiger partial charge on any atom is -0.468 e. The van der Waals surface area contributed by atoms with E-state index in [2.05, 4.69) is 16.9 Å². The average molecular weight is 251 g/mol. The molecule has 0 amide bonds. The molecular weight excluding hydrogens is 234 g/mol. The molecule has 0 aliphatic carbocycles. The Balaban J connectivity index is 1.98. The Morgan fingerprint density at radius 2 is 2.29 bits per heavy atom. The van der Waals surface area contributed by atoms with Crippen LogP contribution in [0.15, 0.2) is 22.3 Å². The topological polar surface area (TPSA) is 55.3 Å². The van der Waals surface area contributed by atoms with Gasteiger partial charge in [0, 0.05) is 23.5 Å². The Bertz CT molecular complexity index is 478. The van der Waals surface area contributed by atoms with Crippen molar-refractivity contribution in [3.05, 3.63) is 39.7 Å². The van der Waals surface area contributed by atoms with Gasteiger partial charge in [-0.1, -0.05) is 0 Å². The summed E-state index contributed by atoms with van der Waals surface area (Å²) < 4.78 is 5.31. The lowest BCUT2D eigenvalue weighted by molar-refractivity contribution is 0.317. The van der Waals surface area contributed by atoms with Crippen molar-refractivity contribution >= 4 is 11.3 Å².